The van der Waals surface area contributed by atoms with Gasteiger partial charge in [-0.3, -0.25) is 4.79 Å². The monoisotopic (exact) mass is 247 g/mol. The minimum atomic E-state index is -0.340. The van der Waals surface area contributed by atoms with Crippen molar-refractivity contribution in [3.8, 4) is 0 Å². The van der Waals surface area contributed by atoms with Crippen molar-refractivity contribution < 1.29 is 9.90 Å². The lowest BCUT2D eigenvalue weighted by Crippen LogP contribution is -2.34. The Labute approximate surface area is 105 Å². The summed E-state index contributed by atoms with van der Waals surface area (Å²) in [5.41, 5.74) is 2.56. The van der Waals surface area contributed by atoms with Crippen molar-refractivity contribution in [3.05, 3.63) is 24.5 Å². The summed E-state index contributed by atoms with van der Waals surface area (Å²) >= 11 is 0. The van der Waals surface area contributed by atoms with Gasteiger partial charge in [0.25, 0.3) is 0 Å². The fourth-order valence-electron chi connectivity index (χ4n) is 1.92. The number of carbonyl (C=O) groups excluding carboxylic acids is 1. The summed E-state index contributed by atoms with van der Waals surface area (Å²) in [5.74, 6) is -0.411. The third-order valence-electron chi connectivity index (χ3n) is 3.18. The number of carbonyl (C=O) groups is 1. The van der Waals surface area contributed by atoms with E-state index in [0.29, 0.717) is 6.42 Å². The summed E-state index contributed by atoms with van der Waals surface area (Å²) in [4.78, 5) is 20.8. The predicted molar refractivity (Wildman–Crippen MR) is 70.4 cm³/mol. The van der Waals surface area contributed by atoms with Gasteiger partial charge in [-0.15, -0.1) is 0 Å². The number of fused-ring (bicyclic) bond motifs is 1. The van der Waals surface area contributed by atoms with E-state index in [1.807, 2.05) is 25.1 Å². The second-order valence-electron chi connectivity index (χ2n) is 4.29. The largest absolute Gasteiger partial charge is 0.396 e. The van der Waals surface area contributed by atoms with Crippen molar-refractivity contribution in [3.63, 3.8) is 0 Å². The van der Waals surface area contributed by atoms with Crippen LogP contribution >= 0.6 is 0 Å². The average molecular weight is 247 g/mol. The number of hydrogen-bond acceptors (Lipinski definition) is 3. The van der Waals surface area contributed by atoms with Crippen LogP contribution in [0.25, 0.3) is 11.0 Å². The molecular weight excluding hydrogens is 230 g/mol. The highest BCUT2D eigenvalue weighted by Gasteiger charge is 2.20. The number of hydrogen-bond donors (Lipinski definition) is 2. The zero-order chi connectivity index (χ0) is 13.1. The number of aromatic nitrogens is 2. The van der Waals surface area contributed by atoms with Gasteiger partial charge in [0.15, 0.2) is 0 Å². The SMILES string of the molecule is CCC(CO)C(=O)N(C)c1ccc2nc[nH]c2c1. The maximum absolute atomic E-state index is 12.1. The number of benzene rings is 1. The lowest BCUT2D eigenvalue weighted by molar-refractivity contribution is -0.123. The van der Waals surface area contributed by atoms with E-state index in [0.717, 1.165) is 16.7 Å². The van der Waals surface area contributed by atoms with Crippen molar-refractivity contribution in [1.29, 1.82) is 0 Å². The van der Waals surface area contributed by atoms with Crippen molar-refractivity contribution in [1.82, 2.24) is 9.97 Å². The van der Waals surface area contributed by atoms with E-state index in [1.165, 1.54) is 0 Å². The van der Waals surface area contributed by atoms with Gasteiger partial charge >= 0.3 is 0 Å². The van der Waals surface area contributed by atoms with Gasteiger partial charge in [-0.25, -0.2) is 4.98 Å². The zero-order valence-corrected chi connectivity index (χ0v) is 10.6. The number of nitrogens with zero attached hydrogens (tertiary/aromatic N) is 2. The topological polar surface area (TPSA) is 69.2 Å². The third-order valence-corrected chi connectivity index (χ3v) is 3.18. The number of aliphatic hydroxyl groups is 1. The number of anilines is 1. The van der Waals surface area contributed by atoms with Gasteiger partial charge in [-0.05, 0) is 24.6 Å². The van der Waals surface area contributed by atoms with E-state index in [2.05, 4.69) is 9.97 Å². The molecule has 1 aromatic heterocycles. The van der Waals surface area contributed by atoms with Crippen molar-refractivity contribution >= 4 is 22.6 Å². The fraction of sp³-hybridized carbons (Fsp3) is 0.385. The van der Waals surface area contributed by atoms with Gasteiger partial charge in [0, 0.05) is 12.7 Å². The summed E-state index contributed by atoms with van der Waals surface area (Å²) in [7, 11) is 1.72. The van der Waals surface area contributed by atoms with Gasteiger partial charge in [0.1, 0.15) is 0 Å². The smallest absolute Gasteiger partial charge is 0.232 e. The first-order valence-corrected chi connectivity index (χ1v) is 5.99. The molecule has 1 amide bonds. The Balaban J connectivity index is 2.26. The number of nitrogens with one attached hydrogen (secondary N) is 1. The number of aromatic amines is 1. The second kappa shape index (κ2) is 5.18. The van der Waals surface area contributed by atoms with Crippen LogP contribution in [0.15, 0.2) is 24.5 Å². The van der Waals surface area contributed by atoms with Crippen LogP contribution in [0.1, 0.15) is 13.3 Å². The Morgan fingerprint density at radius 2 is 2.33 bits per heavy atom. The minimum absolute atomic E-state index is 0.0705. The Morgan fingerprint density at radius 3 is 3.00 bits per heavy atom. The molecular formula is C13H17N3O2. The molecule has 2 rings (SSSR count). The van der Waals surface area contributed by atoms with Gasteiger partial charge < -0.3 is 15.0 Å². The highest BCUT2D eigenvalue weighted by molar-refractivity contribution is 5.96. The number of amides is 1. The molecule has 0 radical (unpaired) electrons. The molecule has 0 fully saturated rings. The first-order chi connectivity index (χ1) is 8.67. The molecule has 2 N–H and O–H groups in total. The molecule has 96 valence electrons. The molecule has 18 heavy (non-hydrogen) atoms. The Hall–Kier alpha value is -1.88. The van der Waals surface area contributed by atoms with E-state index in [4.69, 9.17) is 5.11 Å². The molecule has 0 bridgehead atoms. The molecule has 0 spiro atoms. The van der Waals surface area contributed by atoms with Crippen LogP contribution in [0, 0.1) is 5.92 Å². The van der Waals surface area contributed by atoms with Crippen LogP contribution < -0.4 is 4.90 Å². The summed E-state index contributed by atoms with van der Waals surface area (Å²) in [5, 5.41) is 9.17. The van der Waals surface area contributed by atoms with Crippen molar-refractivity contribution in [2.75, 3.05) is 18.6 Å². The molecule has 2 aromatic rings. The normalized spacial score (nSPS) is 12.6. The lowest BCUT2D eigenvalue weighted by atomic mass is 10.1. The maximum Gasteiger partial charge on any atom is 0.232 e. The van der Waals surface area contributed by atoms with Crippen LogP contribution in [-0.4, -0.2) is 34.6 Å². The number of aliphatic hydroxyl groups excluding tert-OH is 1. The minimum Gasteiger partial charge on any atom is -0.396 e. The molecule has 1 atom stereocenters. The Bertz CT molecular complexity index is 546. The van der Waals surface area contributed by atoms with Crippen LogP contribution in [-0.2, 0) is 4.79 Å². The van der Waals surface area contributed by atoms with E-state index >= 15 is 0 Å². The lowest BCUT2D eigenvalue weighted by Gasteiger charge is -2.21. The van der Waals surface area contributed by atoms with E-state index in [1.54, 1.807) is 18.3 Å². The first-order valence-electron chi connectivity index (χ1n) is 5.99. The average Bonchev–Trinajstić information content (AvgIpc) is 2.86. The zero-order valence-electron chi connectivity index (χ0n) is 10.6. The summed E-state index contributed by atoms with van der Waals surface area (Å²) < 4.78 is 0. The number of rotatable bonds is 4. The highest BCUT2D eigenvalue weighted by atomic mass is 16.3. The Morgan fingerprint density at radius 1 is 1.56 bits per heavy atom. The van der Waals surface area contributed by atoms with E-state index in [9.17, 15) is 4.79 Å². The molecule has 0 saturated heterocycles. The fourth-order valence-corrected chi connectivity index (χ4v) is 1.92. The molecule has 0 aliphatic heterocycles. The summed E-state index contributed by atoms with van der Waals surface area (Å²) in [6.07, 6.45) is 2.25. The van der Waals surface area contributed by atoms with Gasteiger partial charge in [0.05, 0.1) is 29.9 Å². The molecule has 1 unspecified atom stereocenters. The van der Waals surface area contributed by atoms with E-state index in [-0.39, 0.29) is 18.4 Å². The summed E-state index contributed by atoms with van der Waals surface area (Å²) in [6.45, 7) is 1.77. The van der Waals surface area contributed by atoms with Gasteiger partial charge in [0.2, 0.25) is 5.91 Å². The third kappa shape index (κ3) is 2.22. The van der Waals surface area contributed by atoms with Crippen molar-refractivity contribution in [2.45, 2.75) is 13.3 Å². The Kier molecular flexibility index (Phi) is 3.62. The maximum atomic E-state index is 12.1. The van der Waals surface area contributed by atoms with Gasteiger partial charge in [-0.2, -0.15) is 0 Å². The second-order valence-corrected chi connectivity index (χ2v) is 4.29. The van der Waals surface area contributed by atoms with E-state index < -0.39 is 0 Å². The standard InChI is InChI=1S/C13H17N3O2/c1-3-9(7-17)13(18)16(2)10-4-5-11-12(6-10)15-8-14-11/h4-6,8-9,17H,3,7H2,1-2H3,(H,14,15). The quantitative estimate of drug-likeness (QED) is 0.861. The van der Waals surface area contributed by atoms with Crippen LogP contribution in [0.2, 0.25) is 0 Å². The predicted octanol–water partition coefficient (Wildman–Crippen LogP) is 1.54. The van der Waals surface area contributed by atoms with Crippen LogP contribution in [0.4, 0.5) is 5.69 Å². The molecule has 1 heterocycles. The van der Waals surface area contributed by atoms with Gasteiger partial charge in [-0.1, -0.05) is 6.92 Å². The molecule has 1 aromatic carbocycles. The van der Waals surface area contributed by atoms with Crippen LogP contribution in [0.5, 0.6) is 0 Å². The number of H-pyrrole nitrogens is 1. The van der Waals surface area contributed by atoms with Crippen molar-refractivity contribution in [2.24, 2.45) is 5.92 Å². The molecule has 0 aliphatic carbocycles. The molecule has 5 nitrogen and oxygen atoms in total. The molecule has 5 heteroatoms. The number of imidazole rings is 1. The highest BCUT2D eigenvalue weighted by Crippen LogP contribution is 2.20. The van der Waals surface area contributed by atoms with Crippen LogP contribution in [0.3, 0.4) is 0 Å². The molecule has 0 aliphatic rings. The first kappa shape index (κ1) is 12.6. The summed E-state index contributed by atoms with van der Waals surface area (Å²) in [6, 6.07) is 5.60. The molecule has 0 saturated carbocycles.